The van der Waals surface area contributed by atoms with Crippen LogP contribution in [0.3, 0.4) is 0 Å². The van der Waals surface area contributed by atoms with Crippen molar-refractivity contribution in [3.8, 4) is 6.07 Å². The zero-order valence-electron chi connectivity index (χ0n) is 15.5. The molecule has 4 rings (SSSR count). The summed E-state index contributed by atoms with van der Waals surface area (Å²) in [5.41, 5.74) is 8.98. The smallest absolute Gasteiger partial charge is 0.205 e. The zero-order chi connectivity index (χ0) is 19.7. The number of carbonyl (C=O) groups is 1. The number of thioether (sulfide) groups is 1. The first-order chi connectivity index (χ1) is 13.6. The maximum absolute atomic E-state index is 13.2. The van der Waals surface area contributed by atoms with Crippen molar-refractivity contribution in [3.63, 3.8) is 0 Å². The quantitative estimate of drug-likeness (QED) is 0.777. The molecule has 0 saturated carbocycles. The fourth-order valence-electron chi connectivity index (χ4n) is 4.00. The summed E-state index contributed by atoms with van der Waals surface area (Å²) in [5.74, 6) is 0.314. The number of ketones is 1. The monoisotopic (exact) mass is 388 g/mol. The maximum Gasteiger partial charge on any atom is 0.205 e. The van der Waals surface area contributed by atoms with Crippen LogP contribution in [0.4, 0.5) is 0 Å². The molecule has 0 saturated heterocycles. The maximum atomic E-state index is 13.2. The molecular weight excluding hydrogens is 368 g/mol. The molecule has 0 amide bonds. The van der Waals surface area contributed by atoms with Crippen LogP contribution in [0.2, 0.25) is 0 Å². The predicted molar refractivity (Wildman–Crippen MR) is 109 cm³/mol. The van der Waals surface area contributed by atoms with Gasteiger partial charge in [-0.15, -0.1) is 11.8 Å². The molecule has 0 spiro atoms. The summed E-state index contributed by atoms with van der Waals surface area (Å²) in [6.07, 6.45) is 3.02. The highest BCUT2D eigenvalue weighted by molar-refractivity contribution is 7.98. The first-order valence-electron chi connectivity index (χ1n) is 9.15. The SMILES string of the molecule is CSc1ccc([C@@H]2C(C#N)=C(N)OC3=C2C(=O)C[C@@H](c2ccccc2)C3)cc1. The van der Waals surface area contributed by atoms with Gasteiger partial charge < -0.3 is 10.5 Å². The third-order valence-electron chi connectivity index (χ3n) is 5.38. The third kappa shape index (κ3) is 3.21. The van der Waals surface area contributed by atoms with E-state index in [1.807, 2.05) is 60.9 Å². The van der Waals surface area contributed by atoms with Gasteiger partial charge in [-0.3, -0.25) is 4.79 Å². The predicted octanol–water partition coefficient (Wildman–Crippen LogP) is 4.62. The lowest BCUT2D eigenvalue weighted by Gasteiger charge is -2.34. The molecule has 2 aliphatic rings. The minimum atomic E-state index is -0.464. The first kappa shape index (κ1) is 18.4. The number of rotatable bonds is 3. The Morgan fingerprint density at radius 3 is 2.43 bits per heavy atom. The number of nitriles is 1. The average molecular weight is 388 g/mol. The van der Waals surface area contributed by atoms with Gasteiger partial charge in [-0.25, -0.2) is 0 Å². The molecule has 0 fully saturated rings. The van der Waals surface area contributed by atoms with Crippen LogP contribution in [-0.2, 0) is 9.53 Å². The van der Waals surface area contributed by atoms with Gasteiger partial charge in [-0.2, -0.15) is 5.26 Å². The summed E-state index contributed by atoms with van der Waals surface area (Å²) in [6, 6.07) is 20.1. The van der Waals surface area contributed by atoms with Crippen molar-refractivity contribution in [2.24, 2.45) is 5.73 Å². The Morgan fingerprint density at radius 2 is 1.79 bits per heavy atom. The molecule has 1 aliphatic heterocycles. The molecule has 4 nitrogen and oxygen atoms in total. The number of nitrogens with two attached hydrogens (primary N) is 1. The average Bonchev–Trinajstić information content (AvgIpc) is 2.73. The molecule has 0 aromatic heterocycles. The van der Waals surface area contributed by atoms with E-state index in [0.717, 1.165) is 16.0 Å². The van der Waals surface area contributed by atoms with Gasteiger partial charge in [0.25, 0.3) is 0 Å². The molecule has 5 heteroatoms. The summed E-state index contributed by atoms with van der Waals surface area (Å²) in [7, 11) is 0. The molecule has 0 radical (unpaired) electrons. The minimum absolute atomic E-state index is 0.0225. The van der Waals surface area contributed by atoms with E-state index in [1.54, 1.807) is 11.8 Å². The second kappa shape index (κ2) is 7.57. The van der Waals surface area contributed by atoms with Crippen molar-refractivity contribution in [1.82, 2.24) is 0 Å². The molecule has 140 valence electrons. The van der Waals surface area contributed by atoms with E-state index in [9.17, 15) is 10.1 Å². The van der Waals surface area contributed by atoms with E-state index in [1.165, 1.54) is 0 Å². The lowest BCUT2D eigenvalue weighted by Crippen LogP contribution is -2.29. The van der Waals surface area contributed by atoms with Gasteiger partial charge in [-0.1, -0.05) is 42.5 Å². The van der Waals surface area contributed by atoms with E-state index in [-0.39, 0.29) is 17.6 Å². The van der Waals surface area contributed by atoms with Gasteiger partial charge in [0.2, 0.25) is 5.88 Å². The standard InChI is InChI=1S/C23H20N2O2S/c1-28-17-9-7-15(8-10-17)21-18(13-24)23(25)27-20-12-16(11-19(26)22(20)21)14-5-3-2-4-6-14/h2-10,16,21H,11-12,25H2,1H3/t16-,21-/m1/s1. The van der Waals surface area contributed by atoms with Crippen LogP contribution >= 0.6 is 11.8 Å². The topological polar surface area (TPSA) is 76.1 Å². The van der Waals surface area contributed by atoms with E-state index < -0.39 is 5.92 Å². The molecule has 0 unspecified atom stereocenters. The normalized spacial score (nSPS) is 21.8. The summed E-state index contributed by atoms with van der Waals surface area (Å²) >= 11 is 1.65. The Labute approximate surface area is 168 Å². The Balaban J connectivity index is 1.77. The van der Waals surface area contributed by atoms with Crippen LogP contribution in [0.1, 0.15) is 35.8 Å². The Hall–Kier alpha value is -2.97. The van der Waals surface area contributed by atoms with Crippen molar-refractivity contribution in [2.75, 3.05) is 6.26 Å². The summed E-state index contributed by atoms with van der Waals surface area (Å²) in [5, 5.41) is 9.69. The molecule has 0 bridgehead atoms. The van der Waals surface area contributed by atoms with Crippen LogP contribution in [0.15, 0.2) is 82.3 Å². The van der Waals surface area contributed by atoms with Crippen molar-refractivity contribution in [3.05, 3.63) is 88.5 Å². The highest BCUT2D eigenvalue weighted by atomic mass is 32.2. The van der Waals surface area contributed by atoms with Crippen LogP contribution < -0.4 is 5.73 Å². The van der Waals surface area contributed by atoms with Crippen molar-refractivity contribution < 1.29 is 9.53 Å². The number of allylic oxidation sites excluding steroid dienone is 3. The Kier molecular flexibility index (Phi) is 4.97. The fraction of sp³-hybridized carbons (Fsp3) is 0.217. The summed E-state index contributed by atoms with van der Waals surface area (Å²) in [4.78, 5) is 14.3. The van der Waals surface area contributed by atoms with Gasteiger partial charge in [-0.05, 0) is 35.4 Å². The molecular formula is C23H20N2O2S. The molecule has 2 N–H and O–H groups in total. The van der Waals surface area contributed by atoms with Gasteiger partial charge >= 0.3 is 0 Å². The number of hydrogen-bond donors (Lipinski definition) is 1. The molecule has 1 aliphatic carbocycles. The number of carbonyl (C=O) groups excluding carboxylic acids is 1. The lowest BCUT2D eigenvalue weighted by atomic mass is 9.73. The Morgan fingerprint density at radius 1 is 1.07 bits per heavy atom. The van der Waals surface area contributed by atoms with Crippen LogP contribution in [0, 0.1) is 11.3 Å². The van der Waals surface area contributed by atoms with E-state index in [0.29, 0.717) is 29.7 Å². The number of Topliss-reactive ketones (excluding diaryl/α,β-unsaturated/α-hetero) is 1. The third-order valence-corrected chi connectivity index (χ3v) is 6.12. The van der Waals surface area contributed by atoms with Crippen LogP contribution in [-0.4, -0.2) is 12.0 Å². The van der Waals surface area contributed by atoms with Crippen molar-refractivity contribution >= 4 is 17.5 Å². The van der Waals surface area contributed by atoms with Crippen LogP contribution in [0.25, 0.3) is 0 Å². The molecule has 2 atom stereocenters. The van der Waals surface area contributed by atoms with Gasteiger partial charge in [0.15, 0.2) is 5.78 Å². The number of benzene rings is 2. The van der Waals surface area contributed by atoms with E-state index in [2.05, 4.69) is 6.07 Å². The molecule has 2 aromatic carbocycles. The first-order valence-corrected chi connectivity index (χ1v) is 10.4. The second-order valence-electron chi connectivity index (χ2n) is 6.97. The summed E-state index contributed by atoms with van der Waals surface area (Å²) in [6.45, 7) is 0. The summed E-state index contributed by atoms with van der Waals surface area (Å²) < 4.78 is 5.80. The van der Waals surface area contributed by atoms with E-state index >= 15 is 0 Å². The lowest BCUT2D eigenvalue weighted by molar-refractivity contribution is -0.117. The number of hydrogen-bond acceptors (Lipinski definition) is 5. The van der Waals surface area contributed by atoms with Gasteiger partial charge in [0.05, 0.1) is 5.92 Å². The van der Waals surface area contributed by atoms with Gasteiger partial charge in [0, 0.05) is 23.3 Å². The van der Waals surface area contributed by atoms with Crippen molar-refractivity contribution in [1.29, 1.82) is 5.26 Å². The second-order valence-corrected chi connectivity index (χ2v) is 7.85. The van der Waals surface area contributed by atoms with Crippen molar-refractivity contribution in [2.45, 2.75) is 29.6 Å². The Bertz CT molecular complexity index is 1020. The fourth-order valence-corrected chi connectivity index (χ4v) is 4.41. The highest BCUT2D eigenvalue weighted by Crippen LogP contribution is 2.46. The molecule has 1 heterocycles. The largest absolute Gasteiger partial charge is 0.444 e. The van der Waals surface area contributed by atoms with Gasteiger partial charge in [0.1, 0.15) is 17.4 Å². The number of nitrogens with zero attached hydrogens (tertiary/aromatic N) is 1. The highest BCUT2D eigenvalue weighted by Gasteiger charge is 2.40. The minimum Gasteiger partial charge on any atom is -0.444 e. The number of ether oxygens (including phenoxy) is 1. The zero-order valence-corrected chi connectivity index (χ0v) is 16.3. The van der Waals surface area contributed by atoms with Crippen LogP contribution in [0.5, 0.6) is 0 Å². The molecule has 28 heavy (non-hydrogen) atoms. The van der Waals surface area contributed by atoms with E-state index in [4.69, 9.17) is 10.5 Å². The molecule has 2 aromatic rings.